The molecule has 0 bridgehead atoms. The van der Waals surface area contributed by atoms with E-state index < -0.39 is 6.09 Å². The summed E-state index contributed by atoms with van der Waals surface area (Å²) in [5, 5.41) is 13.8. The van der Waals surface area contributed by atoms with Crippen molar-refractivity contribution in [2.75, 3.05) is 19.6 Å². The van der Waals surface area contributed by atoms with E-state index in [1.807, 2.05) is 0 Å². The van der Waals surface area contributed by atoms with Gasteiger partial charge in [0.1, 0.15) is 0 Å². The van der Waals surface area contributed by atoms with Gasteiger partial charge in [-0.2, -0.15) is 0 Å². The third-order valence-electron chi connectivity index (χ3n) is 1.25. The van der Waals surface area contributed by atoms with Crippen molar-refractivity contribution in [1.29, 1.82) is 0 Å². The van der Waals surface area contributed by atoms with Gasteiger partial charge in [0.25, 0.3) is 0 Å². The van der Waals surface area contributed by atoms with E-state index in [9.17, 15) is 0 Å². The molecule has 11 heavy (non-hydrogen) atoms. The molecule has 5 nitrogen and oxygen atoms in total. The number of hydrogen-bond donors (Lipinski definition) is 4. The maximum atomic E-state index is 8.78. The number of nitrogens with one attached hydrogen (secondary N) is 2. The Kier molecular flexibility index (Phi) is 5.50. The van der Waals surface area contributed by atoms with E-state index in [1.165, 1.54) is 0 Å². The molecule has 1 atom stereocenters. The first-order valence-electron chi connectivity index (χ1n) is 3.55. The molecule has 0 radical (unpaired) electrons. The molecule has 5 heteroatoms. The van der Waals surface area contributed by atoms with E-state index in [4.69, 9.17) is 9.90 Å². The number of amides is 1. The predicted molar refractivity (Wildman–Crippen MR) is 42.5 cm³/mol. The molecule has 1 fully saturated rings. The summed E-state index contributed by atoms with van der Waals surface area (Å²) in [6.07, 6.45) is -1.33. The van der Waals surface area contributed by atoms with Crippen molar-refractivity contribution in [2.45, 2.75) is 13.0 Å². The third kappa shape index (κ3) is 9.19. The largest absolute Gasteiger partial charge is 0.465 e. The van der Waals surface area contributed by atoms with E-state index in [-0.39, 0.29) is 0 Å². The number of primary amides is 1. The molecule has 0 aromatic heterocycles. The van der Waals surface area contributed by atoms with Crippen molar-refractivity contribution < 1.29 is 9.90 Å². The Hall–Kier alpha value is -0.810. The maximum absolute atomic E-state index is 8.78. The molecule has 0 aromatic carbocycles. The van der Waals surface area contributed by atoms with Gasteiger partial charge in [0.05, 0.1) is 0 Å². The van der Waals surface area contributed by atoms with Gasteiger partial charge in [-0.25, -0.2) is 4.79 Å². The van der Waals surface area contributed by atoms with Crippen LogP contribution in [-0.4, -0.2) is 36.9 Å². The minimum atomic E-state index is -1.33. The fourth-order valence-corrected chi connectivity index (χ4v) is 0.798. The van der Waals surface area contributed by atoms with Gasteiger partial charge >= 0.3 is 6.09 Å². The highest BCUT2D eigenvalue weighted by atomic mass is 16.4. The molecule has 0 spiro atoms. The van der Waals surface area contributed by atoms with E-state index in [1.54, 1.807) is 0 Å². The number of carbonyl (C=O) groups is 1. The second kappa shape index (κ2) is 5.94. The molecule has 1 amide bonds. The van der Waals surface area contributed by atoms with Crippen LogP contribution in [0.4, 0.5) is 4.79 Å². The standard InChI is InChI=1S/C5H12N2.CH3NO2/c1-5-4-6-2-3-7-5;2-1(3)4/h5-7H,2-4H2,1H3;2H2,(H,3,4). The fourth-order valence-electron chi connectivity index (χ4n) is 0.798. The zero-order chi connectivity index (χ0) is 8.69. The Morgan fingerprint density at radius 2 is 2.18 bits per heavy atom. The molecule has 0 aromatic rings. The van der Waals surface area contributed by atoms with Crippen LogP contribution in [-0.2, 0) is 0 Å². The van der Waals surface area contributed by atoms with Gasteiger partial charge < -0.3 is 21.5 Å². The van der Waals surface area contributed by atoms with Crippen LogP contribution in [0.3, 0.4) is 0 Å². The Morgan fingerprint density at radius 3 is 2.36 bits per heavy atom. The summed E-state index contributed by atoms with van der Waals surface area (Å²) in [4.78, 5) is 8.78. The lowest BCUT2D eigenvalue weighted by Gasteiger charge is -2.19. The Bertz CT molecular complexity index is 108. The topological polar surface area (TPSA) is 87.4 Å². The summed E-state index contributed by atoms with van der Waals surface area (Å²) in [6.45, 7) is 5.57. The molecule has 1 saturated heterocycles. The molecule has 1 aliphatic rings. The van der Waals surface area contributed by atoms with Crippen LogP contribution in [0.2, 0.25) is 0 Å². The van der Waals surface area contributed by atoms with Crippen LogP contribution in [0, 0.1) is 0 Å². The van der Waals surface area contributed by atoms with Crippen LogP contribution in [0.15, 0.2) is 0 Å². The molecule has 1 unspecified atom stereocenters. The highest BCUT2D eigenvalue weighted by molar-refractivity contribution is 5.61. The molecule has 1 rings (SSSR count). The van der Waals surface area contributed by atoms with Gasteiger partial charge in [0.2, 0.25) is 0 Å². The number of carboxylic acid groups (broad SMARTS) is 1. The van der Waals surface area contributed by atoms with E-state index in [0.717, 1.165) is 19.6 Å². The van der Waals surface area contributed by atoms with Crippen molar-refractivity contribution in [1.82, 2.24) is 10.6 Å². The number of nitrogens with two attached hydrogens (primary N) is 1. The second-order valence-corrected chi connectivity index (χ2v) is 2.40. The molecule has 0 aliphatic carbocycles. The first-order chi connectivity index (χ1) is 5.13. The van der Waals surface area contributed by atoms with E-state index >= 15 is 0 Å². The molecule has 5 N–H and O–H groups in total. The van der Waals surface area contributed by atoms with Gasteiger partial charge in [0, 0.05) is 25.7 Å². The number of piperazine rings is 1. The predicted octanol–water partition coefficient (Wildman–Crippen LogP) is -0.809. The molecular weight excluding hydrogens is 146 g/mol. The molecule has 1 heterocycles. The molecule has 66 valence electrons. The monoisotopic (exact) mass is 161 g/mol. The number of hydrogen-bond acceptors (Lipinski definition) is 3. The fraction of sp³-hybridized carbons (Fsp3) is 0.833. The van der Waals surface area contributed by atoms with Gasteiger partial charge in [-0.05, 0) is 6.92 Å². The van der Waals surface area contributed by atoms with Crippen LogP contribution < -0.4 is 16.4 Å². The molecule has 1 aliphatic heterocycles. The Labute approximate surface area is 66.0 Å². The molecular formula is C6H15N3O2. The van der Waals surface area contributed by atoms with Gasteiger partial charge in [0.15, 0.2) is 0 Å². The van der Waals surface area contributed by atoms with Gasteiger partial charge in [-0.15, -0.1) is 0 Å². The van der Waals surface area contributed by atoms with Crippen molar-refractivity contribution >= 4 is 6.09 Å². The Balaban J connectivity index is 0.000000218. The molecule has 0 saturated carbocycles. The summed E-state index contributed by atoms with van der Waals surface area (Å²) in [6, 6.07) is 0.675. The zero-order valence-electron chi connectivity index (χ0n) is 6.63. The minimum Gasteiger partial charge on any atom is -0.465 e. The van der Waals surface area contributed by atoms with Crippen LogP contribution in [0.1, 0.15) is 6.92 Å². The lowest BCUT2D eigenvalue weighted by atomic mass is 10.3. The summed E-state index contributed by atoms with van der Waals surface area (Å²) < 4.78 is 0. The number of rotatable bonds is 0. The zero-order valence-corrected chi connectivity index (χ0v) is 6.63. The van der Waals surface area contributed by atoms with E-state index in [0.29, 0.717) is 6.04 Å². The first-order valence-corrected chi connectivity index (χ1v) is 3.55. The summed E-state index contributed by atoms with van der Waals surface area (Å²) in [7, 11) is 0. The maximum Gasteiger partial charge on any atom is 0.402 e. The average Bonchev–Trinajstić information content (AvgIpc) is 1.87. The van der Waals surface area contributed by atoms with Crippen molar-refractivity contribution in [3.63, 3.8) is 0 Å². The van der Waals surface area contributed by atoms with Crippen LogP contribution in [0.25, 0.3) is 0 Å². The van der Waals surface area contributed by atoms with Crippen LogP contribution in [0.5, 0.6) is 0 Å². The second-order valence-electron chi connectivity index (χ2n) is 2.40. The quantitative estimate of drug-likeness (QED) is 0.374. The smallest absolute Gasteiger partial charge is 0.402 e. The van der Waals surface area contributed by atoms with Crippen LogP contribution >= 0.6 is 0 Å². The highest BCUT2D eigenvalue weighted by Gasteiger charge is 2.03. The van der Waals surface area contributed by atoms with Gasteiger partial charge in [-0.3, -0.25) is 0 Å². The third-order valence-corrected chi connectivity index (χ3v) is 1.25. The first kappa shape index (κ1) is 10.2. The van der Waals surface area contributed by atoms with Crippen molar-refractivity contribution in [2.24, 2.45) is 5.73 Å². The highest BCUT2D eigenvalue weighted by Crippen LogP contribution is 1.80. The summed E-state index contributed by atoms with van der Waals surface area (Å²) >= 11 is 0. The summed E-state index contributed by atoms with van der Waals surface area (Å²) in [5.74, 6) is 0. The van der Waals surface area contributed by atoms with E-state index in [2.05, 4.69) is 23.3 Å². The van der Waals surface area contributed by atoms with Crippen molar-refractivity contribution in [3.05, 3.63) is 0 Å². The lowest BCUT2D eigenvalue weighted by molar-refractivity contribution is 0.205. The normalized spacial score (nSPS) is 23.2. The SMILES string of the molecule is CC1CNCCN1.NC(=O)O. The average molecular weight is 161 g/mol. The lowest BCUT2D eigenvalue weighted by Crippen LogP contribution is -2.46. The Morgan fingerprint density at radius 1 is 1.64 bits per heavy atom. The minimum absolute atomic E-state index is 0.675. The van der Waals surface area contributed by atoms with Gasteiger partial charge in [-0.1, -0.05) is 0 Å². The summed E-state index contributed by atoms with van der Waals surface area (Å²) in [5.41, 5.74) is 4.03. The van der Waals surface area contributed by atoms with Crippen molar-refractivity contribution in [3.8, 4) is 0 Å².